The second-order valence-corrected chi connectivity index (χ2v) is 9.02. The van der Waals surface area contributed by atoms with Crippen molar-refractivity contribution in [2.45, 2.75) is 44.9 Å². The highest BCUT2D eigenvalue weighted by Gasteiger charge is 2.21. The molecular weight excluding hydrogens is 434 g/mol. The molecule has 7 heteroatoms. The van der Waals surface area contributed by atoms with Crippen molar-refractivity contribution >= 4 is 34.2 Å². The molecule has 2 aromatic carbocycles. The Balaban J connectivity index is 1.48. The van der Waals surface area contributed by atoms with Gasteiger partial charge in [-0.05, 0) is 43.4 Å². The van der Waals surface area contributed by atoms with Crippen molar-refractivity contribution < 1.29 is 14.3 Å². The average Bonchev–Trinajstić information content (AvgIpc) is 3.35. The van der Waals surface area contributed by atoms with E-state index >= 15 is 0 Å². The number of carbonyl (C=O) groups is 2. The standard InChI is InChI=1S/C26H29N3O3S/c1-3-29(25(31)27-22-12-8-7-11-21(22)24(30)32-2)26-28-23(17-33-26)20-15-13-19(14-16-20)18-9-5-4-6-10-18/h7-8,11-18H,3-6,9-10H2,1-2H3,(H,27,31). The normalized spacial score (nSPS) is 14.0. The third-order valence-electron chi connectivity index (χ3n) is 6.14. The monoisotopic (exact) mass is 463 g/mol. The lowest BCUT2D eigenvalue weighted by Gasteiger charge is -2.22. The van der Waals surface area contributed by atoms with E-state index in [-0.39, 0.29) is 6.03 Å². The summed E-state index contributed by atoms with van der Waals surface area (Å²) in [4.78, 5) is 31.3. The summed E-state index contributed by atoms with van der Waals surface area (Å²) in [7, 11) is 1.32. The molecular formula is C26H29N3O3S. The van der Waals surface area contributed by atoms with Gasteiger partial charge < -0.3 is 10.1 Å². The van der Waals surface area contributed by atoms with Gasteiger partial charge in [-0.3, -0.25) is 4.90 Å². The van der Waals surface area contributed by atoms with Crippen LogP contribution in [0.5, 0.6) is 0 Å². The Morgan fingerprint density at radius 2 is 1.82 bits per heavy atom. The van der Waals surface area contributed by atoms with E-state index in [1.165, 1.54) is 56.1 Å². The first-order valence-electron chi connectivity index (χ1n) is 11.4. The lowest BCUT2D eigenvalue weighted by Crippen LogP contribution is -2.35. The minimum Gasteiger partial charge on any atom is -0.465 e. The van der Waals surface area contributed by atoms with E-state index in [9.17, 15) is 9.59 Å². The number of para-hydroxylation sites is 1. The number of benzene rings is 2. The number of nitrogens with one attached hydrogen (secondary N) is 1. The molecule has 0 bridgehead atoms. The molecule has 2 amide bonds. The number of esters is 1. The molecule has 0 unspecified atom stereocenters. The molecule has 0 spiro atoms. The van der Waals surface area contributed by atoms with Crippen LogP contribution < -0.4 is 10.2 Å². The minimum atomic E-state index is -0.498. The van der Waals surface area contributed by atoms with Gasteiger partial charge in [-0.1, -0.05) is 55.7 Å². The molecule has 33 heavy (non-hydrogen) atoms. The Labute approximate surface area is 198 Å². The van der Waals surface area contributed by atoms with E-state index in [4.69, 9.17) is 9.72 Å². The second-order valence-electron chi connectivity index (χ2n) is 8.18. The third-order valence-corrected chi connectivity index (χ3v) is 7.00. The van der Waals surface area contributed by atoms with Crippen molar-refractivity contribution in [3.05, 3.63) is 65.0 Å². The van der Waals surface area contributed by atoms with Gasteiger partial charge in [-0.25, -0.2) is 14.6 Å². The number of hydrogen-bond donors (Lipinski definition) is 1. The summed E-state index contributed by atoms with van der Waals surface area (Å²) >= 11 is 1.43. The molecule has 1 fully saturated rings. The first-order valence-corrected chi connectivity index (χ1v) is 12.3. The van der Waals surface area contributed by atoms with Crippen molar-refractivity contribution in [1.29, 1.82) is 0 Å². The third kappa shape index (κ3) is 5.25. The molecule has 1 aromatic heterocycles. The summed E-state index contributed by atoms with van der Waals surface area (Å²) < 4.78 is 4.82. The van der Waals surface area contributed by atoms with Gasteiger partial charge in [0.05, 0.1) is 24.1 Å². The van der Waals surface area contributed by atoms with Gasteiger partial charge in [-0.2, -0.15) is 0 Å². The van der Waals surface area contributed by atoms with Crippen LogP contribution in [0.3, 0.4) is 0 Å². The van der Waals surface area contributed by atoms with Crippen LogP contribution in [-0.2, 0) is 4.74 Å². The maximum Gasteiger partial charge on any atom is 0.339 e. The summed E-state index contributed by atoms with van der Waals surface area (Å²) in [5, 5.41) is 5.40. The summed E-state index contributed by atoms with van der Waals surface area (Å²) in [5.74, 6) is 0.174. The van der Waals surface area contributed by atoms with E-state index in [2.05, 4.69) is 29.6 Å². The number of nitrogens with zero attached hydrogens (tertiary/aromatic N) is 2. The van der Waals surface area contributed by atoms with Crippen molar-refractivity contribution in [3.63, 3.8) is 0 Å². The predicted molar refractivity (Wildman–Crippen MR) is 133 cm³/mol. The van der Waals surface area contributed by atoms with Gasteiger partial charge in [0.2, 0.25) is 0 Å². The first-order chi connectivity index (χ1) is 16.1. The molecule has 6 nitrogen and oxygen atoms in total. The van der Waals surface area contributed by atoms with Crippen LogP contribution >= 0.6 is 11.3 Å². The van der Waals surface area contributed by atoms with Gasteiger partial charge in [0.15, 0.2) is 5.13 Å². The second kappa shape index (κ2) is 10.6. The van der Waals surface area contributed by atoms with Crippen LogP contribution in [0.25, 0.3) is 11.3 Å². The van der Waals surface area contributed by atoms with Crippen molar-refractivity contribution in [3.8, 4) is 11.3 Å². The van der Waals surface area contributed by atoms with Crippen LogP contribution in [0.1, 0.15) is 60.9 Å². The first kappa shape index (κ1) is 23.0. The number of aromatic nitrogens is 1. The number of hydrogen-bond acceptors (Lipinski definition) is 5. The zero-order valence-electron chi connectivity index (χ0n) is 19.0. The number of thiazole rings is 1. The summed E-state index contributed by atoms with van der Waals surface area (Å²) in [6, 6.07) is 15.1. The van der Waals surface area contributed by atoms with Crippen molar-refractivity contribution in [1.82, 2.24) is 4.98 Å². The van der Waals surface area contributed by atoms with E-state index < -0.39 is 5.97 Å². The highest BCUT2D eigenvalue weighted by Crippen LogP contribution is 2.34. The zero-order valence-corrected chi connectivity index (χ0v) is 19.9. The Bertz CT molecular complexity index is 1100. The Morgan fingerprint density at radius 1 is 1.09 bits per heavy atom. The van der Waals surface area contributed by atoms with Gasteiger partial charge in [0, 0.05) is 17.5 Å². The number of ether oxygens (including phenoxy) is 1. The van der Waals surface area contributed by atoms with Gasteiger partial charge in [-0.15, -0.1) is 11.3 Å². The smallest absolute Gasteiger partial charge is 0.339 e. The summed E-state index contributed by atoms with van der Waals surface area (Å²) in [6.45, 7) is 2.34. The fraction of sp³-hybridized carbons (Fsp3) is 0.346. The molecule has 1 heterocycles. The maximum atomic E-state index is 13.0. The minimum absolute atomic E-state index is 0.308. The lowest BCUT2D eigenvalue weighted by atomic mass is 9.84. The van der Waals surface area contributed by atoms with Crippen molar-refractivity contribution in [2.75, 3.05) is 23.9 Å². The van der Waals surface area contributed by atoms with Crippen molar-refractivity contribution in [2.24, 2.45) is 0 Å². The molecule has 3 aromatic rings. The molecule has 1 aliphatic carbocycles. The zero-order chi connectivity index (χ0) is 23.2. The average molecular weight is 464 g/mol. The Kier molecular flexibility index (Phi) is 7.40. The highest BCUT2D eigenvalue weighted by atomic mass is 32.1. The van der Waals surface area contributed by atoms with E-state index in [1.807, 2.05) is 12.3 Å². The lowest BCUT2D eigenvalue weighted by molar-refractivity contribution is 0.0602. The highest BCUT2D eigenvalue weighted by molar-refractivity contribution is 7.14. The number of methoxy groups -OCH3 is 1. The van der Waals surface area contributed by atoms with Crippen LogP contribution in [0.4, 0.5) is 15.6 Å². The fourth-order valence-electron chi connectivity index (χ4n) is 4.31. The molecule has 172 valence electrons. The number of rotatable bonds is 6. The fourth-order valence-corrected chi connectivity index (χ4v) is 5.21. The Morgan fingerprint density at radius 3 is 2.52 bits per heavy atom. The van der Waals surface area contributed by atoms with Gasteiger partial charge >= 0.3 is 12.0 Å². The topological polar surface area (TPSA) is 71.5 Å². The van der Waals surface area contributed by atoms with E-state index in [0.717, 1.165) is 11.3 Å². The number of carbonyl (C=O) groups excluding carboxylic acids is 2. The largest absolute Gasteiger partial charge is 0.465 e. The maximum absolute atomic E-state index is 13.0. The van der Waals surface area contributed by atoms with Crippen LogP contribution in [0.15, 0.2) is 53.9 Å². The number of anilines is 2. The van der Waals surface area contributed by atoms with Crippen LogP contribution in [0, 0.1) is 0 Å². The molecule has 4 rings (SSSR count). The number of urea groups is 1. The van der Waals surface area contributed by atoms with Crippen LogP contribution in [0.2, 0.25) is 0 Å². The summed E-state index contributed by atoms with van der Waals surface area (Å²) in [5.41, 5.74) is 4.02. The Hall–Kier alpha value is -3.19. The number of amides is 2. The van der Waals surface area contributed by atoms with Gasteiger partial charge in [0.25, 0.3) is 0 Å². The molecule has 0 aliphatic heterocycles. The SMILES string of the molecule is CCN(C(=O)Nc1ccccc1C(=O)OC)c1nc(-c2ccc(C3CCCCC3)cc2)cs1. The van der Waals surface area contributed by atoms with Gasteiger partial charge in [0.1, 0.15) is 0 Å². The molecule has 0 radical (unpaired) electrons. The van der Waals surface area contributed by atoms with E-state index in [1.54, 1.807) is 29.2 Å². The molecule has 0 saturated heterocycles. The van der Waals surface area contributed by atoms with Crippen LogP contribution in [-0.4, -0.2) is 30.6 Å². The summed E-state index contributed by atoms with van der Waals surface area (Å²) in [6.07, 6.45) is 6.55. The predicted octanol–water partition coefficient (Wildman–Crippen LogP) is 6.70. The molecule has 1 N–H and O–H groups in total. The van der Waals surface area contributed by atoms with E-state index in [0.29, 0.717) is 28.8 Å². The quantitative estimate of drug-likeness (QED) is 0.413. The molecule has 0 atom stereocenters. The molecule has 1 aliphatic rings. The molecule has 1 saturated carbocycles.